The van der Waals surface area contributed by atoms with Gasteiger partial charge in [-0.25, -0.2) is 0 Å². The molecular formula is C13H17Cl2NO. The van der Waals surface area contributed by atoms with Crippen LogP contribution in [0, 0.1) is 0 Å². The van der Waals surface area contributed by atoms with Crippen molar-refractivity contribution in [3.8, 4) is 0 Å². The van der Waals surface area contributed by atoms with Gasteiger partial charge in [-0.05, 0) is 31.4 Å². The quantitative estimate of drug-likeness (QED) is 0.900. The molecule has 2 rings (SSSR count). The Morgan fingerprint density at radius 2 is 2.12 bits per heavy atom. The lowest BCUT2D eigenvalue weighted by molar-refractivity contribution is -0.127. The molecule has 1 saturated carbocycles. The molecule has 17 heavy (non-hydrogen) atoms. The molecule has 94 valence electrons. The number of nitrogens with one attached hydrogen (secondary N) is 1. The number of Topliss-reactive ketones (excluding diaryl/α,β-unsaturated/α-hetero) is 1. The first kappa shape index (κ1) is 7.78. The van der Waals surface area contributed by atoms with Crippen molar-refractivity contribution in [2.45, 2.75) is 31.1 Å². The molecule has 1 aliphatic carbocycles. The Kier molecular flexibility index (Phi) is 2.68. The van der Waals surface area contributed by atoms with E-state index in [-0.39, 0.29) is 23.0 Å². The molecular weight excluding hydrogens is 257 g/mol. The lowest BCUT2D eigenvalue weighted by Gasteiger charge is -2.36. The topological polar surface area (TPSA) is 29.1 Å². The van der Waals surface area contributed by atoms with Crippen LogP contribution in [0.4, 0.5) is 0 Å². The molecule has 0 radical (unpaired) electrons. The van der Waals surface area contributed by atoms with E-state index in [0.29, 0.717) is 0 Å². The third-order valence-corrected chi connectivity index (χ3v) is 2.99. The van der Waals surface area contributed by atoms with Crippen LogP contribution in [-0.4, -0.2) is 12.8 Å². The highest BCUT2D eigenvalue weighted by Crippen LogP contribution is 2.37. The normalized spacial score (nSPS) is 38.4. The largest absolute Gasteiger partial charge is 0.304 e. The molecule has 1 aromatic rings. The van der Waals surface area contributed by atoms with Gasteiger partial charge in [0.2, 0.25) is 0 Å². The molecule has 1 aromatic carbocycles. The number of ketones is 1. The van der Waals surface area contributed by atoms with Crippen LogP contribution < -0.4 is 5.32 Å². The van der Waals surface area contributed by atoms with E-state index in [1.54, 1.807) is 12.1 Å². The fraction of sp³-hybridized carbons (Fsp3) is 0.462. The molecule has 0 aliphatic heterocycles. The first-order chi connectivity index (χ1) is 9.95. The van der Waals surface area contributed by atoms with Gasteiger partial charge in [-0.1, -0.05) is 36.2 Å². The molecule has 1 fully saturated rings. The van der Waals surface area contributed by atoms with Crippen molar-refractivity contribution in [2.24, 2.45) is 0 Å². The number of hydrogen-bond donors (Lipinski definition) is 1. The summed E-state index contributed by atoms with van der Waals surface area (Å²) in [5.74, 6) is -0.770. The number of carbonyl (C=O) groups excluding carboxylic acids is 1. The fourth-order valence-electron chi connectivity index (χ4n) is 1.78. The van der Waals surface area contributed by atoms with Gasteiger partial charge in [-0.3, -0.25) is 4.79 Å². The first-order valence-corrected chi connectivity index (χ1v) is 5.31. The summed E-state index contributed by atoms with van der Waals surface area (Å²) in [4.78, 5) is 12.7. The molecule has 0 heterocycles. The van der Waals surface area contributed by atoms with Crippen LogP contribution in [0.2, 0.25) is 5.02 Å². The summed E-state index contributed by atoms with van der Waals surface area (Å²) in [5, 5.41) is 2.71. The van der Waals surface area contributed by atoms with Crippen molar-refractivity contribution in [1.82, 2.24) is 5.32 Å². The zero-order chi connectivity index (χ0) is 17.0. The number of rotatable bonds is 2. The molecule has 0 bridgehead atoms. The van der Waals surface area contributed by atoms with E-state index in [9.17, 15) is 4.79 Å². The highest BCUT2D eigenvalue weighted by atomic mass is 35.5. The van der Waals surface area contributed by atoms with E-state index < -0.39 is 36.9 Å². The third kappa shape index (κ3) is 2.49. The second-order valence-electron chi connectivity index (χ2n) is 3.51. The van der Waals surface area contributed by atoms with E-state index >= 15 is 0 Å². The van der Waals surface area contributed by atoms with Gasteiger partial charge in [-0.2, -0.15) is 0 Å². The van der Waals surface area contributed by atoms with Crippen LogP contribution in [0.25, 0.3) is 0 Å². The van der Waals surface area contributed by atoms with E-state index in [2.05, 4.69) is 5.32 Å². The zero-order valence-corrected chi connectivity index (χ0v) is 10.8. The maximum Gasteiger partial charge on any atom is 0.157 e. The van der Waals surface area contributed by atoms with E-state index in [1.165, 1.54) is 19.2 Å². The molecule has 0 amide bonds. The van der Waals surface area contributed by atoms with Crippen LogP contribution in [0.5, 0.6) is 0 Å². The first-order valence-electron chi connectivity index (χ1n) is 7.93. The molecule has 1 atom stereocenters. The van der Waals surface area contributed by atoms with Gasteiger partial charge < -0.3 is 5.32 Å². The SMILES string of the molecule is Cl.[2H]C1([2H])CC(=O)[C@](NC)(c2ccccc2Cl)C([2H])([2H])C1([2H])[2H]. The minimum absolute atomic E-state index is 0. The van der Waals surface area contributed by atoms with E-state index in [4.69, 9.17) is 19.8 Å². The number of benzene rings is 1. The molecule has 0 aromatic heterocycles. The van der Waals surface area contributed by atoms with Crippen molar-refractivity contribution in [3.63, 3.8) is 0 Å². The summed E-state index contributed by atoms with van der Waals surface area (Å²) in [6.45, 7) is 0. The van der Waals surface area contributed by atoms with Crippen LogP contribution >= 0.6 is 24.0 Å². The number of carbonyl (C=O) groups is 1. The second kappa shape index (κ2) is 5.85. The van der Waals surface area contributed by atoms with Gasteiger partial charge in [0.1, 0.15) is 5.54 Å². The number of hydrogen-bond acceptors (Lipinski definition) is 2. The smallest absolute Gasteiger partial charge is 0.157 e. The lowest BCUT2D eigenvalue weighted by atomic mass is 9.75. The summed E-state index contributed by atoms with van der Waals surface area (Å²) in [5.41, 5.74) is -1.95. The lowest BCUT2D eigenvalue weighted by Crippen LogP contribution is -2.49. The number of likely N-dealkylation sites (N-methyl/N-ethyl adjacent to an activating group) is 1. The molecule has 0 spiro atoms. The molecule has 0 saturated heterocycles. The standard InChI is InChI=1S/C13H16ClNO.ClH/c1-15-13(9-5-4-8-12(13)16)10-6-2-3-7-11(10)14;/h2-3,6-7,15H,4-5,8-9H2,1H3;1H/t13-;/m1./s1/i4D2,5D2,9D2;. The fourth-order valence-corrected chi connectivity index (χ4v) is 2.06. The minimum atomic E-state index is -2.89. The molecule has 0 unspecified atom stereocenters. The van der Waals surface area contributed by atoms with Gasteiger partial charge in [0.05, 0.1) is 0 Å². The maximum atomic E-state index is 12.7. The van der Waals surface area contributed by atoms with E-state index in [0.717, 1.165) is 0 Å². The predicted octanol–water partition coefficient (Wildman–Crippen LogP) is 3.32. The van der Waals surface area contributed by atoms with Crippen molar-refractivity contribution in [1.29, 1.82) is 0 Å². The summed E-state index contributed by atoms with van der Waals surface area (Å²) in [6, 6.07) is 6.12. The second-order valence-corrected chi connectivity index (χ2v) is 3.91. The average molecular weight is 280 g/mol. The van der Waals surface area contributed by atoms with Gasteiger partial charge in [0.25, 0.3) is 0 Å². The Labute approximate surface area is 122 Å². The van der Waals surface area contributed by atoms with Crippen LogP contribution in [0.15, 0.2) is 24.3 Å². The Morgan fingerprint density at radius 1 is 1.41 bits per heavy atom. The van der Waals surface area contributed by atoms with Gasteiger partial charge in [0.15, 0.2) is 5.78 Å². The molecule has 2 nitrogen and oxygen atoms in total. The molecule has 1 aliphatic rings. The van der Waals surface area contributed by atoms with Crippen LogP contribution in [0.3, 0.4) is 0 Å². The summed E-state index contributed by atoms with van der Waals surface area (Å²) in [7, 11) is 1.34. The zero-order valence-electron chi connectivity index (χ0n) is 15.2. The average Bonchev–Trinajstić information content (AvgIpc) is 2.39. The minimum Gasteiger partial charge on any atom is -0.304 e. The predicted molar refractivity (Wildman–Crippen MR) is 72.9 cm³/mol. The summed E-state index contributed by atoms with van der Waals surface area (Å²) in [6.07, 6.45) is -9.10. The van der Waals surface area contributed by atoms with Gasteiger partial charge in [-0.15, -0.1) is 12.4 Å². The van der Waals surface area contributed by atoms with Crippen molar-refractivity contribution in [3.05, 3.63) is 34.9 Å². The monoisotopic (exact) mass is 279 g/mol. The van der Waals surface area contributed by atoms with E-state index in [1.807, 2.05) is 0 Å². The van der Waals surface area contributed by atoms with Gasteiger partial charge in [0, 0.05) is 19.7 Å². The Morgan fingerprint density at radius 3 is 2.76 bits per heavy atom. The van der Waals surface area contributed by atoms with Crippen molar-refractivity contribution >= 4 is 29.8 Å². The highest BCUT2D eigenvalue weighted by Gasteiger charge is 2.40. The van der Waals surface area contributed by atoms with Crippen LogP contribution in [-0.2, 0) is 10.3 Å². The molecule has 1 N–H and O–H groups in total. The Bertz CT molecular complexity index is 624. The third-order valence-electron chi connectivity index (χ3n) is 2.66. The summed E-state index contributed by atoms with van der Waals surface area (Å²) >= 11 is 6.11. The van der Waals surface area contributed by atoms with Gasteiger partial charge >= 0.3 is 0 Å². The Balaban J connectivity index is 0.00000264. The summed E-state index contributed by atoms with van der Waals surface area (Å²) < 4.78 is 48.0. The highest BCUT2D eigenvalue weighted by molar-refractivity contribution is 6.31. The van der Waals surface area contributed by atoms with Crippen LogP contribution in [0.1, 0.15) is 39.3 Å². The number of halogens is 2. The molecule has 4 heteroatoms. The Hall–Kier alpha value is -0.570. The van der Waals surface area contributed by atoms with Crippen molar-refractivity contribution < 1.29 is 13.0 Å². The maximum absolute atomic E-state index is 12.7. The van der Waals surface area contributed by atoms with Crippen molar-refractivity contribution in [2.75, 3.05) is 7.05 Å².